The number of hydrogen-bond donors (Lipinski definition) is 2. The average molecular weight is 415 g/mol. The number of nitrogens with one attached hydrogen (secondary N) is 2. The lowest BCUT2D eigenvalue weighted by Gasteiger charge is -2.12. The maximum atomic E-state index is 12.7. The fourth-order valence-corrected chi connectivity index (χ4v) is 4.02. The summed E-state index contributed by atoms with van der Waals surface area (Å²) in [6, 6.07) is 16.1. The summed E-state index contributed by atoms with van der Waals surface area (Å²) in [5.41, 5.74) is 2.86. The number of rotatable bonds is 7. The van der Waals surface area contributed by atoms with E-state index < -0.39 is 15.9 Å². The predicted molar refractivity (Wildman–Crippen MR) is 110 cm³/mol. The maximum Gasteiger partial charge on any atom is 0.271 e. The second kappa shape index (κ2) is 8.68. The fraction of sp³-hybridized carbons (Fsp3) is 0.0526. The summed E-state index contributed by atoms with van der Waals surface area (Å²) < 4.78 is 33.0. The lowest BCUT2D eigenvalue weighted by atomic mass is 10.2. The highest BCUT2D eigenvalue weighted by Crippen LogP contribution is 2.26. The van der Waals surface area contributed by atoms with E-state index in [-0.39, 0.29) is 10.5 Å². The van der Waals surface area contributed by atoms with Crippen molar-refractivity contribution in [1.29, 1.82) is 0 Å². The lowest BCUT2D eigenvalue weighted by molar-refractivity contribution is 0.0955. The van der Waals surface area contributed by atoms with Gasteiger partial charge in [-0.05, 0) is 41.8 Å². The molecule has 3 aromatic rings. The van der Waals surface area contributed by atoms with Gasteiger partial charge < -0.3 is 4.74 Å². The van der Waals surface area contributed by atoms with Crippen molar-refractivity contribution in [1.82, 2.24) is 5.43 Å². The largest absolute Gasteiger partial charge is 0.495 e. The Bertz CT molecular complexity index is 1090. The Balaban J connectivity index is 1.77. The van der Waals surface area contributed by atoms with E-state index in [1.807, 2.05) is 17.5 Å². The Morgan fingerprint density at radius 2 is 1.93 bits per heavy atom. The minimum Gasteiger partial charge on any atom is -0.495 e. The number of hydrazone groups is 1. The van der Waals surface area contributed by atoms with Crippen molar-refractivity contribution in [3.63, 3.8) is 0 Å². The molecule has 0 radical (unpaired) electrons. The van der Waals surface area contributed by atoms with Crippen LogP contribution >= 0.6 is 11.3 Å². The van der Waals surface area contributed by atoms with E-state index in [0.717, 1.165) is 4.88 Å². The number of carbonyl (C=O) groups is 1. The summed E-state index contributed by atoms with van der Waals surface area (Å²) in [4.78, 5) is 13.1. The van der Waals surface area contributed by atoms with E-state index in [9.17, 15) is 13.2 Å². The zero-order chi connectivity index (χ0) is 20.0. The summed E-state index contributed by atoms with van der Waals surface area (Å²) in [6.45, 7) is 0. The van der Waals surface area contributed by atoms with E-state index in [2.05, 4.69) is 15.2 Å². The summed E-state index contributed by atoms with van der Waals surface area (Å²) in [6.07, 6.45) is 1.52. The van der Waals surface area contributed by atoms with E-state index >= 15 is 0 Å². The monoisotopic (exact) mass is 415 g/mol. The van der Waals surface area contributed by atoms with Gasteiger partial charge in [0.15, 0.2) is 0 Å². The van der Waals surface area contributed by atoms with Crippen molar-refractivity contribution < 1.29 is 17.9 Å². The Morgan fingerprint density at radius 1 is 1.11 bits per heavy atom. The quantitative estimate of drug-likeness (QED) is 0.457. The first-order valence-corrected chi connectivity index (χ1v) is 10.5. The van der Waals surface area contributed by atoms with Gasteiger partial charge in [-0.25, -0.2) is 13.8 Å². The molecule has 0 aliphatic carbocycles. The SMILES string of the molecule is COc1ccccc1NS(=O)(=O)c1cccc(C(=O)N/N=C\c2cccs2)c1. The minimum absolute atomic E-state index is 0.0479. The van der Waals surface area contributed by atoms with E-state index in [1.165, 1.54) is 48.9 Å². The van der Waals surface area contributed by atoms with Crippen molar-refractivity contribution in [2.45, 2.75) is 4.90 Å². The van der Waals surface area contributed by atoms with Crippen molar-refractivity contribution in [2.24, 2.45) is 5.10 Å². The van der Waals surface area contributed by atoms with E-state index in [1.54, 1.807) is 24.3 Å². The van der Waals surface area contributed by atoms with Crippen LogP contribution in [0.1, 0.15) is 15.2 Å². The van der Waals surface area contributed by atoms with Gasteiger partial charge in [0.2, 0.25) is 0 Å². The van der Waals surface area contributed by atoms with Crippen LogP contribution in [0, 0.1) is 0 Å². The first-order chi connectivity index (χ1) is 13.5. The number of methoxy groups -OCH3 is 1. The molecule has 0 saturated carbocycles. The normalized spacial score (nSPS) is 11.3. The van der Waals surface area contributed by atoms with Gasteiger partial charge in [-0.1, -0.05) is 24.3 Å². The fourth-order valence-electron chi connectivity index (χ4n) is 2.32. The number of benzene rings is 2. The second-order valence-corrected chi connectivity index (χ2v) is 8.21. The standard InChI is InChI=1S/C19H17N3O4S2/c1-26-18-10-3-2-9-17(18)22-28(24,25)16-8-4-6-14(12-16)19(23)21-20-13-15-7-5-11-27-15/h2-13,22H,1H3,(H,21,23)/b20-13-. The number of carbonyl (C=O) groups excluding carboxylic acids is 1. The molecule has 1 heterocycles. The van der Waals surface area contributed by atoms with Gasteiger partial charge >= 0.3 is 0 Å². The van der Waals surface area contributed by atoms with E-state index in [0.29, 0.717) is 11.4 Å². The molecule has 0 bridgehead atoms. The molecule has 2 N–H and O–H groups in total. The average Bonchev–Trinajstić information content (AvgIpc) is 3.21. The molecule has 7 nitrogen and oxygen atoms in total. The third kappa shape index (κ3) is 4.76. The number of para-hydroxylation sites is 2. The summed E-state index contributed by atoms with van der Waals surface area (Å²) in [5, 5.41) is 5.77. The number of nitrogens with zero attached hydrogens (tertiary/aromatic N) is 1. The number of ether oxygens (including phenoxy) is 1. The molecule has 28 heavy (non-hydrogen) atoms. The molecule has 0 fully saturated rings. The maximum absolute atomic E-state index is 12.7. The highest BCUT2D eigenvalue weighted by atomic mass is 32.2. The highest BCUT2D eigenvalue weighted by molar-refractivity contribution is 7.92. The van der Waals surface area contributed by atoms with Gasteiger partial charge in [-0.2, -0.15) is 5.10 Å². The molecule has 0 aliphatic heterocycles. The van der Waals surface area contributed by atoms with Crippen molar-refractivity contribution in [2.75, 3.05) is 11.8 Å². The summed E-state index contributed by atoms with van der Waals surface area (Å²) >= 11 is 1.48. The molecule has 1 amide bonds. The number of thiophene rings is 1. The Kier molecular flexibility index (Phi) is 6.07. The van der Waals surface area contributed by atoms with Gasteiger partial charge in [0.1, 0.15) is 5.75 Å². The topological polar surface area (TPSA) is 96.9 Å². The van der Waals surface area contributed by atoms with E-state index in [4.69, 9.17) is 4.74 Å². The van der Waals surface area contributed by atoms with Gasteiger partial charge in [0.25, 0.3) is 15.9 Å². The van der Waals surface area contributed by atoms with Crippen LogP contribution in [0.5, 0.6) is 5.75 Å². The number of anilines is 1. The summed E-state index contributed by atoms with van der Waals surface area (Å²) in [7, 11) is -2.45. The summed E-state index contributed by atoms with van der Waals surface area (Å²) in [5.74, 6) is -0.120. The molecule has 0 spiro atoms. The molecule has 3 rings (SSSR count). The molecule has 0 aliphatic rings. The van der Waals surface area contributed by atoms with Crippen molar-refractivity contribution >= 4 is 39.2 Å². The van der Waals surface area contributed by atoms with Crippen molar-refractivity contribution in [3.05, 3.63) is 76.5 Å². The van der Waals surface area contributed by atoms with Gasteiger partial charge in [0.05, 0.1) is 23.9 Å². The highest BCUT2D eigenvalue weighted by Gasteiger charge is 2.18. The number of hydrogen-bond acceptors (Lipinski definition) is 6. The molecule has 144 valence electrons. The van der Waals surface area contributed by atoms with Crippen LogP contribution in [0.2, 0.25) is 0 Å². The van der Waals surface area contributed by atoms with Crippen molar-refractivity contribution in [3.8, 4) is 5.75 Å². The van der Waals surface area contributed by atoms with Crippen LogP contribution in [0.25, 0.3) is 0 Å². The van der Waals surface area contributed by atoms with Crippen LogP contribution in [-0.4, -0.2) is 27.6 Å². The molecule has 0 unspecified atom stereocenters. The minimum atomic E-state index is -3.90. The van der Waals surface area contributed by atoms with Gasteiger partial charge in [-0.15, -0.1) is 11.3 Å². The zero-order valence-electron chi connectivity index (χ0n) is 14.8. The van der Waals surface area contributed by atoms with Gasteiger partial charge in [-0.3, -0.25) is 9.52 Å². The molecule has 0 saturated heterocycles. The molecule has 9 heteroatoms. The Labute approximate surface area is 166 Å². The van der Waals surface area contributed by atoms with Crippen LogP contribution in [-0.2, 0) is 10.0 Å². The van der Waals surface area contributed by atoms with Crippen LogP contribution in [0.15, 0.2) is 76.0 Å². The molecule has 1 aromatic heterocycles. The molecular formula is C19H17N3O4S2. The predicted octanol–water partition coefficient (Wildman–Crippen LogP) is 3.32. The van der Waals surface area contributed by atoms with Crippen LogP contribution in [0.3, 0.4) is 0 Å². The Hall–Kier alpha value is -3.17. The molecule has 0 atom stereocenters. The zero-order valence-corrected chi connectivity index (χ0v) is 16.5. The third-order valence-corrected chi connectivity index (χ3v) is 5.83. The third-order valence-electron chi connectivity index (χ3n) is 3.66. The Morgan fingerprint density at radius 3 is 2.68 bits per heavy atom. The number of amides is 1. The number of sulfonamides is 1. The molecule has 2 aromatic carbocycles. The molecular weight excluding hydrogens is 398 g/mol. The first-order valence-electron chi connectivity index (χ1n) is 8.12. The van der Waals surface area contributed by atoms with Crippen LogP contribution < -0.4 is 14.9 Å². The smallest absolute Gasteiger partial charge is 0.271 e. The lowest BCUT2D eigenvalue weighted by Crippen LogP contribution is -2.19. The van der Waals surface area contributed by atoms with Crippen LogP contribution in [0.4, 0.5) is 5.69 Å². The first kappa shape index (κ1) is 19.6. The van der Waals surface area contributed by atoms with Gasteiger partial charge in [0, 0.05) is 10.4 Å². The second-order valence-electron chi connectivity index (χ2n) is 5.55.